The minimum Gasteiger partial charge on any atom is -0.325 e. The molecule has 4 aromatic carbocycles. The van der Waals surface area contributed by atoms with Gasteiger partial charge < -0.3 is 5.32 Å². The Kier molecular flexibility index (Phi) is 6.99. The molecule has 0 aromatic heterocycles. The fourth-order valence-corrected chi connectivity index (χ4v) is 4.43. The first-order chi connectivity index (χ1) is 16.1. The molecule has 0 heterocycles. The van der Waals surface area contributed by atoms with Crippen molar-refractivity contribution in [1.29, 1.82) is 0 Å². The van der Waals surface area contributed by atoms with Gasteiger partial charge in [-0.05, 0) is 45.9 Å². The van der Waals surface area contributed by atoms with Gasteiger partial charge in [-0.3, -0.25) is 9.59 Å². The van der Waals surface area contributed by atoms with E-state index in [1.165, 1.54) is 0 Å². The molecule has 3 heteroatoms. The van der Waals surface area contributed by atoms with Crippen LogP contribution in [0.3, 0.4) is 0 Å². The summed E-state index contributed by atoms with van der Waals surface area (Å²) in [5, 5.41) is 5.47. The van der Waals surface area contributed by atoms with Gasteiger partial charge in [0.05, 0.1) is 5.92 Å². The van der Waals surface area contributed by atoms with Crippen LogP contribution in [0.4, 0.5) is 5.69 Å². The maximum atomic E-state index is 13.7. The van der Waals surface area contributed by atoms with Crippen molar-refractivity contribution < 1.29 is 9.59 Å². The smallest absolute Gasteiger partial charge is 0.231 e. The van der Waals surface area contributed by atoms with Crippen LogP contribution >= 0.6 is 0 Å². The number of para-hydroxylation sites is 1. The SMILES string of the molecule is CC(C)CC(C(=O)Nc1ccccc1Cc1ccccc1C=O)c1cccc2ccccc12. The third-order valence-corrected chi connectivity index (χ3v) is 6.06. The van der Waals surface area contributed by atoms with E-state index in [9.17, 15) is 9.59 Å². The van der Waals surface area contributed by atoms with Crippen molar-refractivity contribution in [2.24, 2.45) is 5.92 Å². The molecule has 0 aliphatic rings. The second-order valence-corrected chi connectivity index (χ2v) is 8.89. The molecule has 0 saturated heterocycles. The van der Waals surface area contributed by atoms with E-state index in [4.69, 9.17) is 0 Å². The third-order valence-electron chi connectivity index (χ3n) is 6.06. The van der Waals surface area contributed by atoms with Crippen LogP contribution in [0.1, 0.15) is 53.2 Å². The molecule has 4 rings (SSSR count). The quantitative estimate of drug-likeness (QED) is 0.303. The molecule has 3 nitrogen and oxygen atoms in total. The summed E-state index contributed by atoms with van der Waals surface area (Å²) in [5.74, 6) is 0.108. The van der Waals surface area contributed by atoms with Crippen molar-refractivity contribution in [3.8, 4) is 0 Å². The Morgan fingerprint density at radius 1 is 0.818 bits per heavy atom. The van der Waals surface area contributed by atoms with Gasteiger partial charge in [0.15, 0.2) is 0 Å². The molecule has 1 unspecified atom stereocenters. The van der Waals surface area contributed by atoms with Crippen molar-refractivity contribution in [2.45, 2.75) is 32.6 Å². The Bertz CT molecular complexity index is 1270. The summed E-state index contributed by atoms with van der Waals surface area (Å²) in [6.45, 7) is 4.30. The number of aldehydes is 1. The Morgan fingerprint density at radius 2 is 1.48 bits per heavy atom. The van der Waals surface area contributed by atoms with Crippen LogP contribution in [0.25, 0.3) is 10.8 Å². The molecule has 33 heavy (non-hydrogen) atoms. The predicted octanol–water partition coefficient (Wildman–Crippen LogP) is 7.01. The highest BCUT2D eigenvalue weighted by molar-refractivity contribution is 6.00. The van der Waals surface area contributed by atoms with Crippen molar-refractivity contribution in [1.82, 2.24) is 0 Å². The summed E-state index contributed by atoms with van der Waals surface area (Å²) in [7, 11) is 0. The minimum atomic E-state index is -0.258. The van der Waals surface area contributed by atoms with Crippen LogP contribution in [-0.4, -0.2) is 12.2 Å². The van der Waals surface area contributed by atoms with Crippen molar-refractivity contribution in [3.05, 3.63) is 113 Å². The number of amides is 1. The summed E-state index contributed by atoms with van der Waals surface area (Å²) >= 11 is 0. The van der Waals surface area contributed by atoms with Gasteiger partial charge in [0.1, 0.15) is 6.29 Å². The molecule has 166 valence electrons. The van der Waals surface area contributed by atoms with E-state index in [0.717, 1.165) is 45.9 Å². The highest BCUT2D eigenvalue weighted by atomic mass is 16.1. The lowest BCUT2D eigenvalue weighted by atomic mass is 9.86. The first-order valence-electron chi connectivity index (χ1n) is 11.5. The summed E-state index contributed by atoms with van der Waals surface area (Å²) in [4.78, 5) is 25.1. The van der Waals surface area contributed by atoms with E-state index in [-0.39, 0.29) is 11.8 Å². The highest BCUT2D eigenvalue weighted by Crippen LogP contribution is 2.32. The van der Waals surface area contributed by atoms with E-state index < -0.39 is 0 Å². The number of anilines is 1. The Balaban J connectivity index is 1.66. The summed E-state index contributed by atoms with van der Waals surface area (Å²) in [6, 6.07) is 29.8. The molecule has 0 aliphatic carbocycles. The molecular formula is C30H29NO2. The maximum absolute atomic E-state index is 13.7. The lowest BCUT2D eigenvalue weighted by molar-refractivity contribution is -0.117. The number of hydrogen-bond acceptors (Lipinski definition) is 2. The zero-order chi connectivity index (χ0) is 23.2. The van der Waals surface area contributed by atoms with Gasteiger partial charge >= 0.3 is 0 Å². The average molecular weight is 436 g/mol. The van der Waals surface area contributed by atoms with E-state index >= 15 is 0 Å². The number of benzene rings is 4. The van der Waals surface area contributed by atoms with Crippen LogP contribution < -0.4 is 5.32 Å². The summed E-state index contributed by atoms with van der Waals surface area (Å²) in [5.41, 5.74) is 4.45. The number of carbonyl (C=O) groups excluding carboxylic acids is 2. The van der Waals surface area contributed by atoms with Crippen molar-refractivity contribution in [3.63, 3.8) is 0 Å². The van der Waals surface area contributed by atoms with E-state index in [0.29, 0.717) is 17.9 Å². The maximum Gasteiger partial charge on any atom is 0.231 e. The summed E-state index contributed by atoms with van der Waals surface area (Å²) in [6.07, 6.45) is 2.22. The second kappa shape index (κ2) is 10.3. The molecule has 1 atom stereocenters. The zero-order valence-corrected chi connectivity index (χ0v) is 19.1. The normalized spacial score (nSPS) is 12.0. The predicted molar refractivity (Wildman–Crippen MR) is 136 cm³/mol. The lowest BCUT2D eigenvalue weighted by Gasteiger charge is -2.22. The molecular weight excluding hydrogens is 406 g/mol. The number of fused-ring (bicyclic) bond motifs is 1. The van der Waals surface area contributed by atoms with Gasteiger partial charge in [0, 0.05) is 17.7 Å². The number of nitrogens with one attached hydrogen (secondary N) is 1. The second-order valence-electron chi connectivity index (χ2n) is 8.89. The Morgan fingerprint density at radius 3 is 2.27 bits per heavy atom. The van der Waals surface area contributed by atoms with Crippen LogP contribution in [0.2, 0.25) is 0 Å². The molecule has 1 N–H and O–H groups in total. The lowest BCUT2D eigenvalue weighted by Crippen LogP contribution is -2.23. The van der Waals surface area contributed by atoms with E-state index in [1.54, 1.807) is 0 Å². The van der Waals surface area contributed by atoms with E-state index in [1.807, 2.05) is 66.7 Å². The molecule has 0 radical (unpaired) electrons. The molecule has 0 saturated carbocycles. The topological polar surface area (TPSA) is 46.2 Å². The zero-order valence-electron chi connectivity index (χ0n) is 19.1. The summed E-state index contributed by atoms with van der Waals surface area (Å²) < 4.78 is 0. The van der Waals surface area contributed by atoms with E-state index in [2.05, 4.69) is 43.4 Å². The first-order valence-corrected chi connectivity index (χ1v) is 11.5. The van der Waals surface area contributed by atoms with Gasteiger partial charge in [-0.1, -0.05) is 98.8 Å². The van der Waals surface area contributed by atoms with Crippen LogP contribution in [0.5, 0.6) is 0 Å². The fourth-order valence-electron chi connectivity index (χ4n) is 4.43. The van der Waals surface area contributed by atoms with Gasteiger partial charge in [-0.15, -0.1) is 0 Å². The van der Waals surface area contributed by atoms with Crippen molar-refractivity contribution in [2.75, 3.05) is 5.32 Å². The average Bonchev–Trinajstić information content (AvgIpc) is 2.83. The Labute approximate surface area is 195 Å². The largest absolute Gasteiger partial charge is 0.325 e. The first kappa shape index (κ1) is 22.5. The molecule has 4 aromatic rings. The highest BCUT2D eigenvalue weighted by Gasteiger charge is 2.24. The molecule has 0 fully saturated rings. The van der Waals surface area contributed by atoms with Crippen LogP contribution in [0, 0.1) is 5.92 Å². The van der Waals surface area contributed by atoms with Crippen LogP contribution in [0.15, 0.2) is 91.0 Å². The number of hydrogen-bond donors (Lipinski definition) is 1. The molecule has 0 spiro atoms. The van der Waals surface area contributed by atoms with Gasteiger partial charge in [-0.25, -0.2) is 0 Å². The number of rotatable bonds is 8. The fraction of sp³-hybridized carbons (Fsp3) is 0.200. The molecule has 0 bridgehead atoms. The third kappa shape index (κ3) is 5.20. The standard InChI is InChI=1S/C30H29NO2/c1-21(2)18-28(27-16-9-14-22-10-5-7-15-26(22)27)30(33)31-29-17-8-6-12-24(29)19-23-11-3-4-13-25(23)20-32/h3-17,20-21,28H,18-19H2,1-2H3,(H,31,33). The Hall–Kier alpha value is -3.72. The van der Waals surface area contributed by atoms with Crippen LogP contribution in [-0.2, 0) is 11.2 Å². The minimum absolute atomic E-state index is 0.00354. The molecule has 1 amide bonds. The monoisotopic (exact) mass is 435 g/mol. The van der Waals surface area contributed by atoms with Crippen molar-refractivity contribution >= 4 is 28.7 Å². The molecule has 0 aliphatic heterocycles. The van der Waals surface area contributed by atoms with Gasteiger partial charge in [0.2, 0.25) is 5.91 Å². The van der Waals surface area contributed by atoms with Gasteiger partial charge in [-0.2, -0.15) is 0 Å². The number of carbonyl (C=O) groups is 2. The van der Waals surface area contributed by atoms with Gasteiger partial charge in [0.25, 0.3) is 0 Å².